The third-order valence-electron chi connectivity index (χ3n) is 4.20. The molecule has 2 unspecified atom stereocenters. The van der Waals surface area contributed by atoms with Crippen molar-refractivity contribution in [3.05, 3.63) is 29.3 Å². The molecule has 2 atom stereocenters. The van der Waals surface area contributed by atoms with E-state index in [1.165, 1.54) is 6.42 Å². The number of aryl methyl sites for hydroxylation is 2. The average Bonchev–Trinajstić information content (AvgIpc) is 2.33. The van der Waals surface area contributed by atoms with Crippen LogP contribution in [0.2, 0.25) is 0 Å². The normalized spacial score (nSPS) is 27.1. The fourth-order valence-corrected chi connectivity index (χ4v) is 3.05. The zero-order chi connectivity index (χ0) is 14.0. The minimum absolute atomic E-state index is 0.0311. The molecule has 0 bridgehead atoms. The second-order valence-electron chi connectivity index (χ2n) is 6.08. The monoisotopic (exact) mass is 260 g/mol. The third-order valence-corrected chi connectivity index (χ3v) is 4.20. The van der Waals surface area contributed by atoms with Gasteiger partial charge in [-0.3, -0.25) is 4.79 Å². The fourth-order valence-electron chi connectivity index (χ4n) is 3.05. The molecule has 1 amide bonds. The number of rotatable bonds is 2. The number of carbonyl (C=O) groups is 1. The molecular weight excluding hydrogens is 236 g/mol. The van der Waals surface area contributed by atoms with Gasteiger partial charge in [0.2, 0.25) is 5.91 Å². The number of nitrogens with two attached hydrogens (primary N) is 1. The molecule has 1 aliphatic carbocycles. The molecule has 0 spiro atoms. The number of carbonyl (C=O) groups excluding carboxylic acids is 1. The molecule has 0 heterocycles. The third kappa shape index (κ3) is 2.98. The maximum Gasteiger partial charge on any atom is 0.244 e. The maximum atomic E-state index is 12.5. The predicted octanol–water partition coefficient (Wildman–Crippen LogP) is 3.15. The second kappa shape index (κ2) is 5.33. The van der Waals surface area contributed by atoms with Crippen LogP contribution in [0.3, 0.4) is 0 Å². The van der Waals surface area contributed by atoms with Crippen molar-refractivity contribution in [3.63, 3.8) is 0 Å². The van der Waals surface area contributed by atoms with Crippen LogP contribution in [0, 0.1) is 19.8 Å². The summed E-state index contributed by atoms with van der Waals surface area (Å²) in [5.41, 5.74) is 8.71. The molecule has 104 valence electrons. The molecule has 19 heavy (non-hydrogen) atoms. The Morgan fingerprint density at radius 3 is 2.58 bits per heavy atom. The van der Waals surface area contributed by atoms with Crippen molar-refractivity contribution in [2.45, 2.75) is 52.0 Å². The largest absolute Gasteiger partial charge is 0.324 e. The van der Waals surface area contributed by atoms with Gasteiger partial charge in [0.25, 0.3) is 0 Å². The highest BCUT2D eigenvalue weighted by molar-refractivity contribution is 5.99. The summed E-state index contributed by atoms with van der Waals surface area (Å²) >= 11 is 0. The highest BCUT2D eigenvalue weighted by Gasteiger charge is 2.38. The minimum atomic E-state index is -0.702. The molecule has 1 saturated carbocycles. The van der Waals surface area contributed by atoms with Gasteiger partial charge in [0, 0.05) is 5.69 Å². The van der Waals surface area contributed by atoms with Crippen molar-refractivity contribution >= 4 is 11.6 Å². The Balaban J connectivity index is 2.17. The summed E-state index contributed by atoms with van der Waals surface area (Å²) in [6.45, 7) is 6.19. The van der Waals surface area contributed by atoms with E-state index in [1.54, 1.807) is 0 Å². The van der Waals surface area contributed by atoms with Crippen LogP contribution in [-0.4, -0.2) is 11.4 Å². The van der Waals surface area contributed by atoms with Gasteiger partial charge in [-0.1, -0.05) is 38.0 Å². The molecule has 1 aromatic rings. The van der Waals surface area contributed by atoms with E-state index in [1.807, 2.05) is 32.0 Å². The fraction of sp³-hybridized carbons (Fsp3) is 0.562. The van der Waals surface area contributed by atoms with Gasteiger partial charge in [0.15, 0.2) is 0 Å². The molecule has 1 aromatic carbocycles. The van der Waals surface area contributed by atoms with Gasteiger partial charge in [0.1, 0.15) is 0 Å². The van der Waals surface area contributed by atoms with Crippen LogP contribution in [0.25, 0.3) is 0 Å². The van der Waals surface area contributed by atoms with E-state index < -0.39 is 5.54 Å². The number of nitrogens with one attached hydrogen (secondary N) is 1. The van der Waals surface area contributed by atoms with E-state index in [-0.39, 0.29) is 5.91 Å². The second-order valence-corrected chi connectivity index (χ2v) is 6.08. The van der Waals surface area contributed by atoms with Gasteiger partial charge in [-0.25, -0.2) is 0 Å². The Morgan fingerprint density at radius 2 is 2.00 bits per heavy atom. The van der Waals surface area contributed by atoms with Gasteiger partial charge >= 0.3 is 0 Å². The number of anilines is 1. The maximum absolute atomic E-state index is 12.5. The van der Waals surface area contributed by atoms with Crippen LogP contribution in [-0.2, 0) is 4.79 Å². The molecule has 0 aliphatic heterocycles. The highest BCUT2D eigenvalue weighted by Crippen LogP contribution is 2.32. The summed E-state index contributed by atoms with van der Waals surface area (Å²) in [7, 11) is 0. The Hall–Kier alpha value is -1.35. The van der Waals surface area contributed by atoms with E-state index in [0.717, 1.165) is 36.1 Å². The van der Waals surface area contributed by atoms with Crippen LogP contribution in [0.15, 0.2) is 18.2 Å². The summed E-state index contributed by atoms with van der Waals surface area (Å²) in [5.74, 6) is 0.499. The van der Waals surface area contributed by atoms with Gasteiger partial charge < -0.3 is 11.1 Å². The number of para-hydroxylation sites is 1. The first-order valence-corrected chi connectivity index (χ1v) is 7.09. The molecule has 0 aromatic heterocycles. The molecule has 1 aliphatic rings. The van der Waals surface area contributed by atoms with Crippen molar-refractivity contribution in [2.75, 3.05) is 5.32 Å². The molecule has 2 rings (SSSR count). The zero-order valence-corrected chi connectivity index (χ0v) is 12.1. The lowest BCUT2D eigenvalue weighted by molar-refractivity contribution is -0.122. The first-order valence-electron chi connectivity index (χ1n) is 7.09. The number of benzene rings is 1. The smallest absolute Gasteiger partial charge is 0.244 e. The van der Waals surface area contributed by atoms with Gasteiger partial charge in [-0.2, -0.15) is 0 Å². The molecular formula is C16H24N2O. The number of hydrogen-bond donors (Lipinski definition) is 2. The van der Waals surface area contributed by atoms with Gasteiger partial charge in [0.05, 0.1) is 5.54 Å². The lowest BCUT2D eigenvalue weighted by Crippen LogP contribution is -2.53. The lowest BCUT2D eigenvalue weighted by atomic mass is 9.76. The van der Waals surface area contributed by atoms with Crippen LogP contribution < -0.4 is 11.1 Å². The molecule has 0 saturated heterocycles. The van der Waals surface area contributed by atoms with Crippen molar-refractivity contribution in [2.24, 2.45) is 11.7 Å². The molecule has 0 radical (unpaired) electrons. The number of amides is 1. The van der Waals surface area contributed by atoms with E-state index in [2.05, 4.69) is 12.2 Å². The topological polar surface area (TPSA) is 55.1 Å². The minimum Gasteiger partial charge on any atom is -0.324 e. The summed E-state index contributed by atoms with van der Waals surface area (Å²) in [6.07, 6.45) is 3.78. The van der Waals surface area contributed by atoms with Crippen molar-refractivity contribution in [3.8, 4) is 0 Å². The first-order chi connectivity index (χ1) is 8.92. The van der Waals surface area contributed by atoms with Crippen molar-refractivity contribution in [1.29, 1.82) is 0 Å². The summed E-state index contributed by atoms with van der Waals surface area (Å²) in [4.78, 5) is 12.5. The Kier molecular flexibility index (Phi) is 3.95. The zero-order valence-electron chi connectivity index (χ0n) is 12.1. The van der Waals surface area contributed by atoms with Gasteiger partial charge in [-0.05, 0) is 43.7 Å². The Morgan fingerprint density at radius 1 is 1.37 bits per heavy atom. The van der Waals surface area contributed by atoms with Crippen LogP contribution in [0.4, 0.5) is 5.69 Å². The van der Waals surface area contributed by atoms with Gasteiger partial charge in [-0.15, -0.1) is 0 Å². The van der Waals surface area contributed by atoms with Crippen LogP contribution >= 0.6 is 0 Å². The first kappa shape index (κ1) is 14.1. The van der Waals surface area contributed by atoms with E-state index in [4.69, 9.17) is 5.73 Å². The van der Waals surface area contributed by atoms with E-state index >= 15 is 0 Å². The molecule has 1 fully saturated rings. The van der Waals surface area contributed by atoms with Crippen LogP contribution in [0.5, 0.6) is 0 Å². The molecule has 3 heteroatoms. The standard InChI is InChI=1S/C16H24N2O/c1-11-6-5-9-16(17,10-11)15(19)18-14-12(2)7-4-8-13(14)3/h4,7-8,11H,5-6,9-10,17H2,1-3H3,(H,18,19). The van der Waals surface area contributed by atoms with Crippen molar-refractivity contribution in [1.82, 2.24) is 0 Å². The molecule has 3 N–H and O–H groups in total. The average molecular weight is 260 g/mol. The summed E-state index contributed by atoms with van der Waals surface area (Å²) in [5, 5.41) is 3.05. The SMILES string of the molecule is Cc1cccc(C)c1NC(=O)C1(N)CCCC(C)C1. The lowest BCUT2D eigenvalue weighted by Gasteiger charge is -2.35. The van der Waals surface area contributed by atoms with Crippen molar-refractivity contribution < 1.29 is 4.79 Å². The van der Waals surface area contributed by atoms with E-state index in [0.29, 0.717) is 5.92 Å². The summed E-state index contributed by atoms with van der Waals surface area (Å²) < 4.78 is 0. The highest BCUT2D eigenvalue weighted by atomic mass is 16.2. The summed E-state index contributed by atoms with van der Waals surface area (Å²) in [6, 6.07) is 6.02. The Bertz CT molecular complexity index is 463. The quantitative estimate of drug-likeness (QED) is 0.858. The van der Waals surface area contributed by atoms with E-state index in [9.17, 15) is 4.79 Å². The van der Waals surface area contributed by atoms with Crippen LogP contribution in [0.1, 0.15) is 43.7 Å². The predicted molar refractivity (Wildman–Crippen MR) is 79.1 cm³/mol. The Labute approximate surface area is 115 Å². The number of hydrogen-bond acceptors (Lipinski definition) is 2. The molecule has 3 nitrogen and oxygen atoms in total.